The van der Waals surface area contributed by atoms with Gasteiger partial charge in [-0.15, -0.1) is 0 Å². The summed E-state index contributed by atoms with van der Waals surface area (Å²) in [5.74, 6) is 0.120. The van der Waals surface area contributed by atoms with Gasteiger partial charge in [-0.1, -0.05) is 0 Å². The molecule has 2 aromatic rings. The van der Waals surface area contributed by atoms with Gasteiger partial charge < -0.3 is 4.74 Å². The van der Waals surface area contributed by atoms with Crippen molar-refractivity contribution in [2.75, 3.05) is 13.1 Å². The van der Waals surface area contributed by atoms with Gasteiger partial charge >= 0.3 is 6.18 Å². The van der Waals surface area contributed by atoms with E-state index in [1.165, 1.54) is 30.9 Å². The van der Waals surface area contributed by atoms with E-state index in [0.717, 1.165) is 12.1 Å². The third kappa shape index (κ3) is 4.69. The molecule has 0 atom stereocenters. The quantitative estimate of drug-likeness (QED) is 0.901. The number of halogens is 3. The first-order valence-corrected chi connectivity index (χ1v) is 8.06. The van der Waals surface area contributed by atoms with Crippen molar-refractivity contribution in [3.8, 4) is 5.75 Å². The molecule has 9 heteroatoms. The number of hydrogen-bond acceptors (Lipinski definition) is 5. The predicted molar refractivity (Wildman–Crippen MR) is 86.2 cm³/mol. The second-order valence-electron chi connectivity index (χ2n) is 5.89. The van der Waals surface area contributed by atoms with Gasteiger partial charge in [-0.2, -0.15) is 13.2 Å². The minimum atomic E-state index is -4.36. The Morgan fingerprint density at radius 1 is 1.12 bits per heavy atom. The topological polar surface area (TPSA) is 67.4 Å². The Bertz CT molecular complexity index is 730. The van der Waals surface area contributed by atoms with Crippen LogP contribution in [0.15, 0.2) is 43.0 Å². The lowest BCUT2D eigenvalue weighted by Crippen LogP contribution is -2.48. The monoisotopic (exact) mass is 366 g/mol. The van der Waals surface area contributed by atoms with Crippen molar-refractivity contribution in [1.29, 1.82) is 0 Å². The molecule has 1 amide bonds. The number of aromatic nitrogens is 2. The molecule has 1 N–H and O–H groups in total. The molecule has 0 bridgehead atoms. The summed E-state index contributed by atoms with van der Waals surface area (Å²) < 4.78 is 43.4. The Kier molecular flexibility index (Phi) is 5.36. The van der Waals surface area contributed by atoms with Crippen LogP contribution in [-0.4, -0.2) is 40.1 Å². The first-order valence-electron chi connectivity index (χ1n) is 8.06. The highest BCUT2D eigenvalue weighted by molar-refractivity contribution is 5.93. The Morgan fingerprint density at radius 3 is 2.31 bits per heavy atom. The lowest BCUT2D eigenvalue weighted by Gasteiger charge is -2.32. The Morgan fingerprint density at radius 2 is 1.73 bits per heavy atom. The molecule has 0 spiro atoms. The van der Waals surface area contributed by atoms with Crippen LogP contribution in [0.3, 0.4) is 0 Å². The summed E-state index contributed by atoms with van der Waals surface area (Å²) in [6.07, 6.45) is 1.04. The fourth-order valence-electron chi connectivity index (χ4n) is 2.62. The van der Waals surface area contributed by atoms with Crippen LogP contribution in [0.1, 0.15) is 28.8 Å². The number of carbonyl (C=O) groups is 1. The van der Waals surface area contributed by atoms with Gasteiger partial charge in [0, 0.05) is 25.5 Å². The van der Waals surface area contributed by atoms with Crippen LogP contribution < -0.4 is 10.2 Å². The summed E-state index contributed by atoms with van der Waals surface area (Å²) in [5, 5.41) is 1.78. The van der Waals surface area contributed by atoms with Crippen LogP contribution in [0.2, 0.25) is 0 Å². The fraction of sp³-hybridized carbons (Fsp3) is 0.353. The summed E-state index contributed by atoms with van der Waals surface area (Å²) in [4.78, 5) is 19.6. The number of hydrogen-bond donors (Lipinski definition) is 1. The van der Waals surface area contributed by atoms with Crippen molar-refractivity contribution in [1.82, 2.24) is 20.4 Å². The molecule has 1 aliphatic heterocycles. The molecular weight excluding hydrogens is 349 g/mol. The summed E-state index contributed by atoms with van der Waals surface area (Å²) >= 11 is 0. The van der Waals surface area contributed by atoms with Crippen LogP contribution in [0.5, 0.6) is 5.75 Å². The van der Waals surface area contributed by atoms with Crippen molar-refractivity contribution in [3.63, 3.8) is 0 Å². The molecule has 1 aromatic carbocycles. The molecule has 0 aliphatic carbocycles. The molecular formula is C17H17F3N4O2. The lowest BCUT2D eigenvalue weighted by atomic mass is 10.1. The van der Waals surface area contributed by atoms with E-state index < -0.39 is 11.7 Å². The van der Waals surface area contributed by atoms with Crippen LogP contribution in [0.4, 0.5) is 13.2 Å². The number of amides is 1. The van der Waals surface area contributed by atoms with Crippen LogP contribution in [0.25, 0.3) is 0 Å². The van der Waals surface area contributed by atoms with Gasteiger partial charge in [0.15, 0.2) is 0 Å². The van der Waals surface area contributed by atoms with E-state index >= 15 is 0 Å². The highest BCUT2D eigenvalue weighted by Gasteiger charge is 2.30. The molecule has 1 aliphatic rings. The smallest absolute Gasteiger partial charge is 0.416 e. The van der Waals surface area contributed by atoms with Crippen molar-refractivity contribution < 1.29 is 22.7 Å². The third-order valence-corrected chi connectivity index (χ3v) is 4.01. The van der Waals surface area contributed by atoms with Gasteiger partial charge in [0.05, 0.1) is 11.1 Å². The molecule has 26 heavy (non-hydrogen) atoms. The van der Waals surface area contributed by atoms with E-state index in [9.17, 15) is 18.0 Å². The zero-order valence-corrected chi connectivity index (χ0v) is 13.7. The predicted octanol–water partition coefficient (Wildman–Crippen LogP) is 2.68. The van der Waals surface area contributed by atoms with Gasteiger partial charge in [0.2, 0.25) is 0 Å². The highest BCUT2D eigenvalue weighted by Crippen LogP contribution is 2.30. The molecule has 3 rings (SSSR count). The van der Waals surface area contributed by atoms with E-state index in [2.05, 4.69) is 15.4 Å². The molecule has 0 unspecified atom stereocenters. The summed E-state index contributed by atoms with van der Waals surface area (Å²) in [5.41, 5.74) is 2.45. The van der Waals surface area contributed by atoms with Gasteiger partial charge in [-0.05, 0) is 37.1 Å². The SMILES string of the molecule is O=C(NN1CCC(Oc2ccc(C(F)(F)F)cc2)CC1)c1cncnc1. The zero-order valence-electron chi connectivity index (χ0n) is 13.7. The molecule has 2 heterocycles. The van der Waals surface area contributed by atoms with Gasteiger partial charge in [0.1, 0.15) is 18.2 Å². The number of alkyl halides is 3. The second kappa shape index (κ2) is 7.69. The maximum atomic E-state index is 12.6. The summed E-state index contributed by atoms with van der Waals surface area (Å²) in [7, 11) is 0. The van der Waals surface area contributed by atoms with Gasteiger partial charge in [-0.25, -0.2) is 15.0 Å². The third-order valence-electron chi connectivity index (χ3n) is 4.01. The van der Waals surface area contributed by atoms with E-state index in [-0.39, 0.29) is 12.0 Å². The minimum Gasteiger partial charge on any atom is -0.490 e. The first kappa shape index (κ1) is 18.1. The van der Waals surface area contributed by atoms with Gasteiger partial charge in [0.25, 0.3) is 5.91 Å². The normalized spacial score (nSPS) is 16.3. The number of nitrogens with zero attached hydrogens (tertiary/aromatic N) is 3. The average Bonchev–Trinajstić information content (AvgIpc) is 2.64. The van der Waals surface area contributed by atoms with Crippen molar-refractivity contribution in [2.45, 2.75) is 25.1 Å². The number of hydrazine groups is 1. The van der Waals surface area contributed by atoms with Crippen molar-refractivity contribution in [3.05, 3.63) is 54.1 Å². The van der Waals surface area contributed by atoms with Crippen LogP contribution in [0, 0.1) is 0 Å². The van der Waals surface area contributed by atoms with Crippen LogP contribution in [-0.2, 0) is 6.18 Å². The number of benzene rings is 1. The Balaban J connectivity index is 1.47. The minimum absolute atomic E-state index is 0.111. The molecule has 1 fully saturated rings. The standard InChI is InChI=1S/C17H17F3N4O2/c18-17(19,20)13-1-3-14(4-2-13)26-15-5-7-24(8-6-15)23-16(25)12-9-21-11-22-10-12/h1-4,9-11,15H,5-8H2,(H,23,25). The summed E-state index contributed by atoms with van der Waals surface area (Å²) in [6, 6.07) is 4.66. The van der Waals surface area contributed by atoms with E-state index in [1.54, 1.807) is 5.01 Å². The number of piperidine rings is 1. The fourth-order valence-corrected chi connectivity index (χ4v) is 2.62. The molecule has 6 nitrogen and oxygen atoms in total. The number of nitrogens with one attached hydrogen (secondary N) is 1. The largest absolute Gasteiger partial charge is 0.490 e. The lowest BCUT2D eigenvalue weighted by molar-refractivity contribution is -0.137. The maximum Gasteiger partial charge on any atom is 0.416 e. The Hall–Kier alpha value is -2.68. The molecule has 0 radical (unpaired) electrons. The molecule has 1 saturated heterocycles. The average molecular weight is 366 g/mol. The van der Waals surface area contributed by atoms with Crippen LogP contribution >= 0.6 is 0 Å². The van der Waals surface area contributed by atoms with Gasteiger partial charge in [-0.3, -0.25) is 10.2 Å². The highest BCUT2D eigenvalue weighted by atomic mass is 19.4. The van der Waals surface area contributed by atoms with E-state index in [4.69, 9.17) is 4.74 Å². The van der Waals surface area contributed by atoms with Crippen molar-refractivity contribution >= 4 is 5.91 Å². The molecule has 0 saturated carbocycles. The number of rotatable bonds is 4. The Labute approximate surface area is 148 Å². The molecule has 138 valence electrons. The number of carbonyl (C=O) groups excluding carboxylic acids is 1. The first-order chi connectivity index (χ1) is 12.4. The van der Waals surface area contributed by atoms with E-state index in [1.807, 2.05) is 0 Å². The summed E-state index contributed by atoms with van der Waals surface area (Å²) in [6.45, 7) is 1.15. The van der Waals surface area contributed by atoms with Crippen molar-refractivity contribution in [2.24, 2.45) is 0 Å². The maximum absolute atomic E-state index is 12.6. The molecule has 1 aromatic heterocycles. The zero-order chi connectivity index (χ0) is 18.6. The second-order valence-corrected chi connectivity index (χ2v) is 5.89. The number of ether oxygens (including phenoxy) is 1. The van der Waals surface area contributed by atoms with E-state index in [0.29, 0.717) is 37.2 Å².